The highest BCUT2D eigenvalue weighted by atomic mass is 16.6. The van der Waals surface area contributed by atoms with Gasteiger partial charge in [0.1, 0.15) is 12.7 Å². The first-order valence-corrected chi connectivity index (χ1v) is 7.21. The number of carbonyl (C=O) groups excluding carboxylic acids is 1. The van der Waals surface area contributed by atoms with E-state index in [1.54, 1.807) is 17.2 Å². The summed E-state index contributed by atoms with van der Waals surface area (Å²) in [6, 6.07) is 3.76. The van der Waals surface area contributed by atoms with E-state index in [1.807, 2.05) is 32.9 Å². The third-order valence-electron chi connectivity index (χ3n) is 3.37. The molecule has 2 heterocycles. The van der Waals surface area contributed by atoms with Gasteiger partial charge in [-0.1, -0.05) is 0 Å². The number of pyridine rings is 1. The van der Waals surface area contributed by atoms with Crippen molar-refractivity contribution in [2.24, 2.45) is 0 Å². The maximum Gasteiger partial charge on any atom is 0.408 e. The van der Waals surface area contributed by atoms with Gasteiger partial charge in [0, 0.05) is 5.54 Å². The number of aromatic nitrogens is 4. The second-order valence-electron chi connectivity index (χ2n) is 6.50. The van der Waals surface area contributed by atoms with Crippen LogP contribution in [0.5, 0.6) is 0 Å². The molecule has 1 saturated carbocycles. The first kappa shape index (κ1) is 14.5. The Bertz CT molecular complexity index is 654. The van der Waals surface area contributed by atoms with Crippen LogP contribution in [0.1, 0.15) is 39.3 Å². The molecule has 7 nitrogen and oxygen atoms in total. The van der Waals surface area contributed by atoms with Crippen LogP contribution >= 0.6 is 0 Å². The molecule has 1 amide bonds. The lowest BCUT2D eigenvalue weighted by molar-refractivity contribution is 0.0730. The van der Waals surface area contributed by atoms with E-state index in [0.29, 0.717) is 0 Å². The van der Waals surface area contributed by atoms with Crippen LogP contribution in [0, 0.1) is 0 Å². The predicted molar refractivity (Wildman–Crippen MR) is 79.4 cm³/mol. The molecular formula is C15H19N5O2. The summed E-state index contributed by atoms with van der Waals surface area (Å²) < 4.78 is 7.22. The minimum absolute atomic E-state index is 0.322. The topological polar surface area (TPSA) is 81.9 Å². The van der Waals surface area contributed by atoms with Crippen LogP contribution in [0.25, 0.3) is 5.69 Å². The van der Waals surface area contributed by atoms with E-state index in [4.69, 9.17) is 4.74 Å². The molecule has 1 N–H and O–H groups in total. The highest BCUT2D eigenvalue weighted by molar-refractivity contribution is 5.69. The molecule has 0 unspecified atom stereocenters. The second-order valence-corrected chi connectivity index (χ2v) is 6.50. The Balaban J connectivity index is 1.72. The standard InChI is InChI=1S/C15H19N5O2/c1-14(2,3)19-13(21)22-15(6-7-15)12-5-4-11(8-17-12)20-10-16-9-18-20/h4-5,8-10H,6-7H2,1-3H3,(H,19,21). The van der Waals surface area contributed by atoms with Gasteiger partial charge in [0.05, 0.1) is 17.6 Å². The molecule has 0 bridgehead atoms. The summed E-state index contributed by atoms with van der Waals surface area (Å²) in [7, 11) is 0. The van der Waals surface area contributed by atoms with E-state index in [-0.39, 0.29) is 5.54 Å². The van der Waals surface area contributed by atoms with E-state index in [9.17, 15) is 4.79 Å². The Hall–Kier alpha value is -2.44. The average Bonchev–Trinajstić information content (AvgIpc) is 3.01. The number of carbonyl (C=O) groups is 1. The largest absolute Gasteiger partial charge is 0.436 e. The molecule has 3 rings (SSSR count). The van der Waals surface area contributed by atoms with E-state index >= 15 is 0 Å². The number of hydrogen-bond donors (Lipinski definition) is 1. The van der Waals surface area contributed by atoms with Gasteiger partial charge in [0.2, 0.25) is 0 Å². The van der Waals surface area contributed by atoms with Crippen molar-refractivity contribution in [3.8, 4) is 5.69 Å². The summed E-state index contributed by atoms with van der Waals surface area (Å²) in [5, 5.41) is 6.86. The zero-order valence-corrected chi connectivity index (χ0v) is 12.9. The van der Waals surface area contributed by atoms with Gasteiger partial charge >= 0.3 is 6.09 Å². The summed E-state index contributed by atoms with van der Waals surface area (Å²) in [5.74, 6) is 0. The number of nitrogens with one attached hydrogen (secondary N) is 1. The predicted octanol–water partition coefficient (Wildman–Crippen LogP) is 2.18. The molecule has 1 fully saturated rings. The zero-order chi connectivity index (χ0) is 15.8. The number of ether oxygens (including phenoxy) is 1. The van der Waals surface area contributed by atoms with E-state index < -0.39 is 11.7 Å². The van der Waals surface area contributed by atoms with Gasteiger partial charge in [-0.25, -0.2) is 14.5 Å². The molecule has 2 aromatic heterocycles. The number of amides is 1. The Kier molecular flexibility index (Phi) is 3.35. The van der Waals surface area contributed by atoms with E-state index in [2.05, 4.69) is 20.4 Å². The summed E-state index contributed by atoms with van der Waals surface area (Å²) in [6.45, 7) is 5.75. The minimum atomic E-state index is -0.587. The van der Waals surface area contributed by atoms with Crippen LogP contribution in [-0.2, 0) is 10.3 Å². The summed E-state index contributed by atoms with van der Waals surface area (Å²) >= 11 is 0. The molecule has 0 aliphatic heterocycles. The number of hydrogen-bond acceptors (Lipinski definition) is 5. The average molecular weight is 301 g/mol. The maximum atomic E-state index is 12.0. The van der Waals surface area contributed by atoms with Crippen LogP contribution in [-0.4, -0.2) is 31.4 Å². The number of rotatable bonds is 3. The monoisotopic (exact) mass is 301 g/mol. The molecular weight excluding hydrogens is 282 g/mol. The van der Waals surface area contributed by atoms with Crippen LogP contribution in [0.3, 0.4) is 0 Å². The SMILES string of the molecule is CC(C)(C)NC(=O)OC1(c2ccc(-n3cncn3)cn2)CC1. The molecule has 22 heavy (non-hydrogen) atoms. The van der Waals surface area contributed by atoms with Gasteiger partial charge < -0.3 is 10.1 Å². The van der Waals surface area contributed by atoms with Crippen molar-refractivity contribution in [3.05, 3.63) is 36.7 Å². The first-order chi connectivity index (χ1) is 10.4. The molecule has 0 radical (unpaired) electrons. The third-order valence-corrected chi connectivity index (χ3v) is 3.37. The van der Waals surface area contributed by atoms with Gasteiger partial charge in [0.25, 0.3) is 0 Å². The molecule has 0 saturated heterocycles. The Morgan fingerprint density at radius 2 is 2.14 bits per heavy atom. The Labute approximate surface area is 128 Å². The van der Waals surface area contributed by atoms with E-state index in [1.165, 1.54) is 6.33 Å². The van der Waals surface area contributed by atoms with Crippen molar-refractivity contribution < 1.29 is 9.53 Å². The lowest BCUT2D eigenvalue weighted by Crippen LogP contribution is -2.42. The fourth-order valence-electron chi connectivity index (χ4n) is 2.17. The Morgan fingerprint density at radius 3 is 2.64 bits per heavy atom. The fraction of sp³-hybridized carbons (Fsp3) is 0.467. The van der Waals surface area contributed by atoms with Crippen LogP contribution in [0.2, 0.25) is 0 Å². The lowest BCUT2D eigenvalue weighted by atomic mass is 10.1. The molecule has 116 valence electrons. The quantitative estimate of drug-likeness (QED) is 0.939. The molecule has 0 atom stereocenters. The summed E-state index contributed by atoms with van der Waals surface area (Å²) in [4.78, 5) is 20.3. The summed E-state index contributed by atoms with van der Waals surface area (Å²) in [5.41, 5.74) is 0.671. The second kappa shape index (κ2) is 5.08. The van der Waals surface area contributed by atoms with Crippen LogP contribution < -0.4 is 5.32 Å². The summed E-state index contributed by atoms with van der Waals surface area (Å²) in [6.07, 6.45) is 5.95. The number of nitrogens with zero attached hydrogens (tertiary/aromatic N) is 4. The molecule has 0 aromatic carbocycles. The smallest absolute Gasteiger partial charge is 0.408 e. The molecule has 1 aliphatic carbocycles. The minimum Gasteiger partial charge on any atom is -0.436 e. The maximum absolute atomic E-state index is 12.0. The van der Waals surface area contributed by atoms with Crippen molar-refractivity contribution >= 4 is 6.09 Å². The highest BCUT2D eigenvalue weighted by Crippen LogP contribution is 2.48. The van der Waals surface area contributed by atoms with Crippen LogP contribution in [0.15, 0.2) is 31.0 Å². The lowest BCUT2D eigenvalue weighted by Gasteiger charge is -2.23. The normalized spacial score (nSPS) is 16.1. The first-order valence-electron chi connectivity index (χ1n) is 7.21. The van der Waals surface area contributed by atoms with Gasteiger partial charge in [-0.3, -0.25) is 4.98 Å². The fourth-order valence-corrected chi connectivity index (χ4v) is 2.17. The van der Waals surface area contributed by atoms with Crippen molar-refractivity contribution in [1.82, 2.24) is 25.1 Å². The molecule has 0 spiro atoms. The number of alkyl carbamates (subject to hydrolysis) is 1. The zero-order valence-electron chi connectivity index (χ0n) is 12.9. The third kappa shape index (κ3) is 3.08. The molecule has 2 aromatic rings. The van der Waals surface area contributed by atoms with Gasteiger partial charge in [-0.05, 0) is 45.7 Å². The Morgan fingerprint density at radius 1 is 1.36 bits per heavy atom. The molecule has 7 heteroatoms. The van der Waals surface area contributed by atoms with Crippen molar-refractivity contribution in [2.75, 3.05) is 0 Å². The molecule has 1 aliphatic rings. The van der Waals surface area contributed by atoms with Crippen molar-refractivity contribution in [3.63, 3.8) is 0 Å². The van der Waals surface area contributed by atoms with Crippen LogP contribution in [0.4, 0.5) is 4.79 Å². The van der Waals surface area contributed by atoms with Crippen molar-refractivity contribution in [1.29, 1.82) is 0 Å². The van der Waals surface area contributed by atoms with Gasteiger partial charge in [-0.15, -0.1) is 0 Å². The van der Waals surface area contributed by atoms with Gasteiger partial charge in [0.15, 0.2) is 5.60 Å². The highest BCUT2D eigenvalue weighted by Gasteiger charge is 2.50. The van der Waals surface area contributed by atoms with Crippen molar-refractivity contribution in [2.45, 2.75) is 44.8 Å². The van der Waals surface area contributed by atoms with Gasteiger partial charge in [-0.2, -0.15) is 5.10 Å². The van der Waals surface area contributed by atoms with E-state index in [0.717, 1.165) is 24.2 Å².